The number of hydrogen-bond donors (Lipinski definition) is 2. The third-order valence-corrected chi connectivity index (χ3v) is 7.34. The predicted octanol–water partition coefficient (Wildman–Crippen LogP) is 4.76. The molecule has 1 heterocycles. The molecule has 1 aliphatic heterocycles. The van der Waals surface area contributed by atoms with E-state index in [0.29, 0.717) is 5.69 Å². The summed E-state index contributed by atoms with van der Waals surface area (Å²) in [6.07, 6.45) is 4.92. The van der Waals surface area contributed by atoms with Gasteiger partial charge in [-0.3, -0.25) is 14.4 Å². The summed E-state index contributed by atoms with van der Waals surface area (Å²) < 4.78 is 0. The molecule has 2 N–H and O–H groups in total. The van der Waals surface area contributed by atoms with Crippen LogP contribution >= 0.6 is 11.6 Å². The van der Waals surface area contributed by atoms with Gasteiger partial charge in [-0.25, -0.2) is 4.90 Å². The quantitative estimate of drug-likeness (QED) is 0.437. The lowest BCUT2D eigenvalue weighted by atomic mass is 9.85. The summed E-state index contributed by atoms with van der Waals surface area (Å²) in [4.78, 5) is 40.4. The molecule has 3 aliphatic rings. The summed E-state index contributed by atoms with van der Waals surface area (Å²) in [5.41, 5.74) is 0.752. The molecule has 0 spiro atoms. The van der Waals surface area contributed by atoms with Gasteiger partial charge in [0.1, 0.15) is 5.75 Å². The van der Waals surface area contributed by atoms with Gasteiger partial charge < -0.3 is 10.4 Å². The first kappa shape index (κ1) is 20.0. The van der Waals surface area contributed by atoms with Crippen molar-refractivity contribution in [2.75, 3.05) is 10.2 Å². The highest BCUT2D eigenvalue weighted by Gasteiger charge is 2.59. The molecule has 0 aromatic heterocycles. The zero-order valence-corrected chi connectivity index (χ0v) is 18.1. The Labute approximate surface area is 194 Å². The Hall–Kier alpha value is -3.64. The van der Waals surface area contributed by atoms with E-state index in [1.54, 1.807) is 24.3 Å². The second-order valence-corrected chi connectivity index (χ2v) is 9.26. The number of halogens is 1. The van der Waals surface area contributed by atoms with Crippen LogP contribution in [0.25, 0.3) is 10.8 Å². The molecule has 3 aromatic carbocycles. The fourth-order valence-electron chi connectivity index (χ4n) is 5.51. The molecule has 6 rings (SSSR count). The van der Waals surface area contributed by atoms with Crippen molar-refractivity contribution in [3.05, 3.63) is 77.3 Å². The third kappa shape index (κ3) is 2.98. The third-order valence-electron chi connectivity index (χ3n) is 7.02. The summed E-state index contributed by atoms with van der Waals surface area (Å²) >= 11 is 6.38. The van der Waals surface area contributed by atoms with Gasteiger partial charge in [0.15, 0.2) is 0 Å². The van der Waals surface area contributed by atoms with E-state index >= 15 is 0 Å². The predicted molar refractivity (Wildman–Crippen MR) is 125 cm³/mol. The summed E-state index contributed by atoms with van der Waals surface area (Å²) in [5.74, 6) is -1.60. The second kappa shape index (κ2) is 7.18. The highest BCUT2D eigenvalue weighted by atomic mass is 35.5. The average Bonchev–Trinajstić information content (AvgIpc) is 3.48. The Morgan fingerprint density at radius 2 is 1.58 bits per heavy atom. The van der Waals surface area contributed by atoms with Crippen LogP contribution in [0.15, 0.2) is 66.7 Å². The molecule has 2 bridgehead atoms. The lowest BCUT2D eigenvalue weighted by Gasteiger charge is -2.19. The lowest BCUT2D eigenvalue weighted by Crippen LogP contribution is -2.33. The summed E-state index contributed by atoms with van der Waals surface area (Å²) in [5, 5.41) is 15.0. The molecule has 33 heavy (non-hydrogen) atoms. The van der Waals surface area contributed by atoms with Crippen molar-refractivity contribution in [1.29, 1.82) is 0 Å². The minimum Gasteiger partial charge on any atom is -0.507 e. The zero-order valence-electron chi connectivity index (χ0n) is 17.4. The van der Waals surface area contributed by atoms with Gasteiger partial charge in [0, 0.05) is 5.69 Å². The first-order chi connectivity index (χ1) is 15.9. The van der Waals surface area contributed by atoms with Gasteiger partial charge in [0.2, 0.25) is 11.8 Å². The number of carbonyl (C=O) groups is 3. The SMILES string of the molecule is O=C(Nc1ccc(Cl)c(N2C(=O)[C@H]3[C@H](C2=O)[C@H]2C=C[C@H]3C2)c1)c1cc2ccccc2cc1O. The Balaban J connectivity index is 1.31. The van der Waals surface area contributed by atoms with Crippen LogP contribution in [0.2, 0.25) is 5.02 Å². The summed E-state index contributed by atoms with van der Waals surface area (Å²) in [6.45, 7) is 0. The Morgan fingerprint density at radius 1 is 0.939 bits per heavy atom. The lowest BCUT2D eigenvalue weighted by molar-refractivity contribution is -0.123. The van der Waals surface area contributed by atoms with Crippen molar-refractivity contribution >= 4 is 51.5 Å². The molecule has 0 unspecified atom stereocenters. The van der Waals surface area contributed by atoms with Gasteiger partial charge in [-0.1, -0.05) is 48.0 Å². The van der Waals surface area contributed by atoms with E-state index in [2.05, 4.69) is 5.32 Å². The number of fused-ring (bicyclic) bond motifs is 6. The molecular formula is C26H19ClN2O4. The maximum absolute atomic E-state index is 13.2. The van der Waals surface area contributed by atoms with Crippen molar-refractivity contribution in [2.45, 2.75) is 6.42 Å². The Bertz CT molecular complexity index is 1370. The average molecular weight is 459 g/mol. The Morgan fingerprint density at radius 3 is 2.24 bits per heavy atom. The molecule has 2 aliphatic carbocycles. The summed E-state index contributed by atoms with van der Waals surface area (Å²) in [6, 6.07) is 15.3. The van der Waals surface area contributed by atoms with Gasteiger partial charge >= 0.3 is 0 Å². The first-order valence-corrected chi connectivity index (χ1v) is 11.2. The maximum atomic E-state index is 13.2. The van der Waals surface area contributed by atoms with Crippen LogP contribution in [0, 0.1) is 23.7 Å². The fourth-order valence-corrected chi connectivity index (χ4v) is 5.71. The molecule has 0 radical (unpaired) electrons. The smallest absolute Gasteiger partial charge is 0.259 e. The van der Waals surface area contributed by atoms with E-state index in [1.165, 1.54) is 11.0 Å². The summed E-state index contributed by atoms with van der Waals surface area (Å²) in [7, 11) is 0. The van der Waals surface area contributed by atoms with Crippen LogP contribution in [-0.2, 0) is 9.59 Å². The zero-order chi connectivity index (χ0) is 22.9. The fraction of sp³-hybridized carbons (Fsp3) is 0.192. The van der Waals surface area contributed by atoms with Crippen molar-refractivity contribution in [2.24, 2.45) is 23.7 Å². The van der Waals surface area contributed by atoms with Crippen molar-refractivity contribution < 1.29 is 19.5 Å². The topological polar surface area (TPSA) is 86.7 Å². The van der Waals surface area contributed by atoms with E-state index in [0.717, 1.165) is 17.2 Å². The number of phenols is 1. The molecule has 3 amide bonds. The number of aromatic hydroxyl groups is 1. The largest absolute Gasteiger partial charge is 0.507 e. The van der Waals surface area contributed by atoms with Gasteiger partial charge in [-0.05, 0) is 59.4 Å². The molecule has 7 heteroatoms. The van der Waals surface area contributed by atoms with Crippen LogP contribution in [0.5, 0.6) is 5.75 Å². The number of hydrogen-bond acceptors (Lipinski definition) is 4. The number of nitrogens with zero attached hydrogens (tertiary/aromatic N) is 1. The van der Waals surface area contributed by atoms with E-state index in [4.69, 9.17) is 11.6 Å². The van der Waals surface area contributed by atoms with Crippen molar-refractivity contribution in [3.63, 3.8) is 0 Å². The number of carbonyl (C=O) groups excluding carboxylic acids is 3. The van der Waals surface area contributed by atoms with Gasteiger partial charge in [-0.15, -0.1) is 0 Å². The number of amides is 3. The number of anilines is 2. The monoisotopic (exact) mass is 458 g/mol. The first-order valence-electron chi connectivity index (χ1n) is 10.8. The van der Waals surface area contributed by atoms with Crippen LogP contribution in [0.3, 0.4) is 0 Å². The van der Waals surface area contributed by atoms with Crippen LogP contribution < -0.4 is 10.2 Å². The highest BCUT2D eigenvalue weighted by molar-refractivity contribution is 6.36. The van der Waals surface area contributed by atoms with E-state index in [-0.39, 0.29) is 57.5 Å². The molecule has 6 nitrogen and oxygen atoms in total. The Kier molecular flexibility index (Phi) is 4.35. The maximum Gasteiger partial charge on any atom is 0.259 e. The van der Waals surface area contributed by atoms with Crippen molar-refractivity contribution in [3.8, 4) is 5.75 Å². The number of rotatable bonds is 3. The minimum atomic E-state index is -0.510. The molecular weight excluding hydrogens is 440 g/mol. The normalized spacial score (nSPS) is 25.2. The molecule has 1 saturated heterocycles. The number of allylic oxidation sites excluding steroid dienone is 2. The van der Waals surface area contributed by atoms with Gasteiger partial charge in [0.05, 0.1) is 28.1 Å². The van der Waals surface area contributed by atoms with E-state index < -0.39 is 5.91 Å². The second-order valence-electron chi connectivity index (χ2n) is 8.85. The van der Waals surface area contributed by atoms with E-state index in [1.807, 2.05) is 36.4 Å². The van der Waals surface area contributed by atoms with Gasteiger partial charge in [-0.2, -0.15) is 0 Å². The molecule has 2 fully saturated rings. The molecule has 3 aromatic rings. The minimum absolute atomic E-state index is 0.0963. The number of nitrogens with one attached hydrogen (secondary N) is 1. The molecule has 4 atom stereocenters. The number of imide groups is 1. The van der Waals surface area contributed by atoms with E-state index in [9.17, 15) is 19.5 Å². The standard InChI is InChI=1S/C26H19ClN2O4/c27-19-8-7-17(28-24(31)18-10-13-3-1-2-4-14(13)11-21(18)30)12-20(19)29-25(32)22-15-5-6-16(9-15)23(22)26(29)33/h1-8,10-12,15-16,22-23,30H,9H2,(H,28,31)/t15-,16-,22+,23+/m0/s1. The number of benzene rings is 3. The van der Waals surface area contributed by atoms with Crippen LogP contribution in [0.4, 0.5) is 11.4 Å². The molecule has 164 valence electrons. The molecule has 1 saturated carbocycles. The van der Waals surface area contributed by atoms with Gasteiger partial charge in [0.25, 0.3) is 5.91 Å². The highest BCUT2D eigenvalue weighted by Crippen LogP contribution is 2.53. The van der Waals surface area contributed by atoms with Crippen LogP contribution in [-0.4, -0.2) is 22.8 Å². The number of phenolic OH excluding ortho intramolecular Hbond substituents is 1. The van der Waals surface area contributed by atoms with Crippen LogP contribution in [0.1, 0.15) is 16.8 Å². The van der Waals surface area contributed by atoms with Crippen molar-refractivity contribution in [1.82, 2.24) is 0 Å².